The maximum Gasteiger partial charge on any atom is 0.335 e. The van der Waals surface area contributed by atoms with Crippen molar-refractivity contribution in [1.29, 1.82) is 0 Å². The van der Waals surface area contributed by atoms with Gasteiger partial charge in [-0.05, 0) is 47.9 Å². The monoisotopic (exact) mass is 301 g/mol. The first kappa shape index (κ1) is 13.4. The van der Waals surface area contributed by atoms with Crippen LogP contribution >= 0.6 is 0 Å². The Bertz CT molecular complexity index is 924. The molecule has 21 heavy (non-hydrogen) atoms. The number of benzene rings is 2. The number of aromatic nitrogens is 1. The normalized spacial score (nSPS) is 11.6. The Morgan fingerprint density at radius 1 is 0.952 bits per heavy atom. The molecule has 3 aromatic rings. The summed E-state index contributed by atoms with van der Waals surface area (Å²) in [6, 6.07) is 11.9. The van der Waals surface area contributed by atoms with Gasteiger partial charge in [0.05, 0.1) is 15.4 Å². The number of carboxylic acids is 1. The quantitative estimate of drug-likeness (QED) is 0.778. The van der Waals surface area contributed by atoms with Crippen LogP contribution in [0, 0.1) is 0 Å². The summed E-state index contributed by atoms with van der Waals surface area (Å²) in [4.78, 5) is 14.0. The molecule has 2 aromatic carbocycles. The fraction of sp³-hybridized carbons (Fsp3) is 0. The highest BCUT2D eigenvalue weighted by molar-refractivity contribution is 7.91. The second kappa shape index (κ2) is 4.75. The summed E-state index contributed by atoms with van der Waals surface area (Å²) < 4.78 is 25.0. The van der Waals surface area contributed by atoms with Gasteiger partial charge in [0.15, 0.2) is 0 Å². The summed E-state index contributed by atoms with van der Waals surface area (Å²) in [7, 11) is -3.66. The molecule has 0 aliphatic carbocycles. The van der Waals surface area contributed by atoms with E-state index in [1.54, 1.807) is 18.3 Å². The van der Waals surface area contributed by atoms with Gasteiger partial charge in [0.25, 0.3) is 0 Å². The average molecular weight is 301 g/mol. The van der Waals surface area contributed by atoms with Crippen LogP contribution in [0.1, 0.15) is 10.4 Å². The zero-order valence-corrected chi connectivity index (χ0v) is 11.6. The summed E-state index contributed by atoms with van der Waals surface area (Å²) in [5.74, 6) is -1.09. The first-order valence-electron chi connectivity index (χ1n) is 6.14. The van der Waals surface area contributed by atoms with Crippen LogP contribution in [0.15, 0.2) is 64.5 Å². The zero-order valence-electron chi connectivity index (χ0n) is 10.8. The number of fused-ring (bicyclic) bond motifs is 1. The van der Waals surface area contributed by atoms with Crippen LogP contribution in [-0.2, 0) is 9.84 Å². The molecule has 1 aromatic heterocycles. The lowest BCUT2D eigenvalue weighted by Gasteiger charge is -2.05. The van der Waals surface area contributed by atoms with Crippen LogP contribution < -0.4 is 0 Å². The van der Waals surface area contributed by atoms with E-state index in [4.69, 9.17) is 5.11 Å². The van der Waals surface area contributed by atoms with E-state index in [1.165, 1.54) is 30.3 Å². The van der Waals surface area contributed by atoms with E-state index in [0.29, 0.717) is 0 Å². The van der Waals surface area contributed by atoms with E-state index >= 15 is 0 Å². The predicted molar refractivity (Wildman–Crippen MR) is 77.2 cm³/mol. The summed E-state index contributed by atoms with van der Waals surface area (Å²) in [5.41, 5.74) is 0.784. The van der Waals surface area contributed by atoms with E-state index in [2.05, 4.69) is 4.98 Å². The van der Waals surface area contributed by atoms with Crippen LogP contribution in [-0.4, -0.2) is 24.5 Å². The van der Waals surface area contributed by atoms with Crippen molar-refractivity contribution in [3.05, 3.63) is 60.3 Å². The Balaban J connectivity index is 2.08. The number of sulfone groups is 1. The van der Waals surface area contributed by atoms with Crippen molar-refractivity contribution in [3.8, 4) is 0 Å². The summed E-state index contributed by atoms with van der Waals surface area (Å²) in [6.45, 7) is 0. The third kappa shape index (κ3) is 2.30. The van der Waals surface area contributed by atoms with Gasteiger partial charge < -0.3 is 10.1 Å². The number of carbonyl (C=O) groups is 1. The van der Waals surface area contributed by atoms with Crippen molar-refractivity contribution >= 4 is 26.7 Å². The maximum atomic E-state index is 12.5. The number of carboxylic acid groups (broad SMARTS) is 1. The molecule has 0 saturated heterocycles. The minimum atomic E-state index is -3.66. The average Bonchev–Trinajstić information content (AvgIpc) is 2.94. The number of hydrogen-bond acceptors (Lipinski definition) is 3. The van der Waals surface area contributed by atoms with Gasteiger partial charge in [0.1, 0.15) is 0 Å². The fourth-order valence-electron chi connectivity index (χ4n) is 2.11. The SMILES string of the molecule is O=C(O)c1ccc(S(=O)(=O)c2ccc3cc[nH]c3c2)cc1. The van der Waals surface area contributed by atoms with Crippen LogP contribution in [0.25, 0.3) is 10.9 Å². The molecular formula is C15H11NO4S. The Morgan fingerprint density at radius 2 is 1.62 bits per heavy atom. The number of nitrogens with one attached hydrogen (secondary N) is 1. The van der Waals surface area contributed by atoms with Crippen LogP contribution in [0.4, 0.5) is 0 Å². The number of H-pyrrole nitrogens is 1. The minimum Gasteiger partial charge on any atom is -0.478 e. The molecule has 0 aliphatic heterocycles. The molecule has 0 aliphatic rings. The van der Waals surface area contributed by atoms with Crippen molar-refractivity contribution < 1.29 is 18.3 Å². The van der Waals surface area contributed by atoms with Crippen LogP contribution in [0.5, 0.6) is 0 Å². The first-order valence-corrected chi connectivity index (χ1v) is 7.62. The van der Waals surface area contributed by atoms with Gasteiger partial charge in [-0.2, -0.15) is 0 Å². The standard InChI is InChI=1S/C15H11NO4S/c17-15(18)11-2-4-12(5-3-11)21(19,20)13-6-1-10-7-8-16-14(10)9-13/h1-9,16H,(H,17,18). The molecule has 0 unspecified atom stereocenters. The second-order valence-electron chi connectivity index (χ2n) is 4.56. The second-order valence-corrected chi connectivity index (χ2v) is 6.51. The van der Waals surface area contributed by atoms with E-state index in [1.807, 2.05) is 6.07 Å². The number of aromatic carboxylic acids is 1. The fourth-order valence-corrected chi connectivity index (χ4v) is 3.39. The van der Waals surface area contributed by atoms with Crippen molar-refractivity contribution in [3.63, 3.8) is 0 Å². The highest BCUT2D eigenvalue weighted by Crippen LogP contribution is 2.24. The molecule has 0 fully saturated rings. The molecule has 1 heterocycles. The van der Waals surface area contributed by atoms with Crippen molar-refractivity contribution in [2.75, 3.05) is 0 Å². The molecular weight excluding hydrogens is 290 g/mol. The number of aromatic amines is 1. The van der Waals surface area contributed by atoms with Gasteiger partial charge in [-0.15, -0.1) is 0 Å². The number of rotatable bonds is 3. The van der Waals surface area contributed by atoms with E-state index in [9.17, 15) is 13.2 Å². The highest BCUT2D eigenvalue weighted by Gasteiger charge is 2.18. The Kier molecular flexibility index (Phi) is 3.03. The molecule has 0 spiro atoms. The third-order valence-corrected chi connectivity index (χ3v) is 5.02. The minimum absolute atomic E-state index is 0.0498. The Morgan fingerprint density at radius 3 is 2.29 bits per heavy atom. The lowest BCUT2D eigenvalue weighted by Crippen LogP contribution is -2.03. The molecule has 6 heteroatoms. The van der Waals surface area contributed by atoms with Crippen LogP contribution in [0.2, 0.25) is 0 Å². The van der Waals surface area contributed by atoms with Gasteiger partial charge >= 0.3 is 5.97 Å². The molecule has 0 bridgehead atoms. The summed E-state index contributed by atoms with van der Waals surface area (Å²) in [6.07, 6.45) is 1.74. The lowest BCUT2D eigenvalue weighted by molar-refractivity contribution is 0.0697. The van der Waals surface area contributed by atoms with Gasteiger partial charge in [-0.1, -0.05) is 6.07 Å². The molecule has 0 radical (unpaired) electrons. The molecule has 106 valence electrons. The highest BCUT2D eigenvalue weighted by atomic mass is 32.2. The molecule has 0 saturated carbocycles. The zero-order chi connectivity index (χ0) is 15.0. The van der Waals surface area contributed by atoms with Crippen molar-refractivity contribution in [2.45, 2.75) is 9.79 Å². The van der Waals surface area contributed by atoms with Crippen molar-refractivity contribution in [1.82, 2.24) is 4.98 Å². The summed E-state index contributed by atoms with van der Waals surface area (Å²) >= 11 is 0. The van der Waals surface area contributed by atoms with E-state index in [-0.39, 0.29) is 15.4 Å². The topological polar surface area (TPSA) is 87.2 Å². The largest absolute Gasteiger partial charge is 0.478 e. The van der Waals surface area contributed by atoms with Crippen molar-refractivity contribution in [2.24, 2.45) is 0 Å². The van der Waals surface area contributed by atoms with Gasteiger partial charge in [-0.25, -0.2) is 13.2 Å². The van der Waals surface area contributed by atoms with Gasteiger partial charge in [0.2, 0.25) is 9.84 Å². The summed E-state index contributed by atoms with van der Waals surface area (Å²) in [5, 5.41) is 9.76. The predicted octanol–water partition coefficient (Wildman–Crippen LogP) is 2.70. The molecule has 0 amide bonds. The maximum absolute atomic E-state index is 12.5. The lowest BCUT2D eigenvalue weighted by atomic mass is 10.2. The first-order chi connectivity index (χ1) is 9.98. The molecule has 2 N–H and O–H groups in total. The van der Waals surface area contributed by atoms with Gasteiger partial charge in [0, 0.05) is 11.7 Å². The smallest absolute Gasteiger partial charge is 0.335 e. The van der Waals surface area contributed by atoms with E-state index < -0.39 is 15.8 Å². The van der Waals surface area contributed by atoms with Crippen LogP contribution in [0.3, 0.4) is 0 Å². The van der Waals surface area contributed by atoms with E-state index in [0.717, 1.165) is 10.9 Å². The number of hydrogen-bond donors (Lipinski definition) is 2. The third-order valence-electron chi connectivity index (χ3n) is 3.25. The Labute approximate surface area is 120 Å². The molecule has 3 rings (SSSR count). The Hall–Kier alpha value is -2.60. The van der Waals surface area contributed by atoms with Gasteiger partial charge in [-0.3, -0.25) is 0 Å². The molecule has 0 atom stereocenters. The molecule has 5 nitrogen and oxygen atoms in total.